The number of aryl methyl sites for hydroxylation is 1. The Balaban J connectivity index is 1.57. The Labute approximate surface area is 165 Å². The van der Waals surface area contributed by atoms with E-state index >= 15 is 0 Å². The number of benzene rings is 1. The van der Waals surface area contributed by atoms with Crippen LogP contribution in [0.4, 0.5) is 0 Å². The van der Waals surface area contributed by atoms with Crippen LogP contribution in [0.1, 0.15) is 48.5 Å². The maximum absolute atomic E-state index is 12.8. The van der Waals surface area contributed by atoms with E-state index < -0.39 is 6.10 Å². The monoisotopic (exact) mass is 385 g/mol. The zero-order valence-electron chi connectivity index (χ0n) is 16.8. The molecular weight excluding hydrogens is 358 g/mol. The highest BCUT2D eigenvalue weighted by Gasteiger charge is 2.29. The average Bonchev–Trinajstić information content (AvgIpc) is 3.13. The molecule has 1 unspecified atom stereocenters. The Bertz CT molecular complexity index is 838. The number of aromatic nitrogens is 1. The van der Waals surface area contributed by atoms with Gasteiger partial charge in [-0.15, -0.1) is 0 Å². The van der Waals surface area contributed by atoms with Gasteiger partial charge in [0.25, 0.3) is 11.8 Å². The van der Waals surface area contributed by atoms with Crippen LogP contribution in [-0.2, 0) is 4.79 Å². The fraction of sp³-hybridized carbons (Fsp3) is 0.476. The molecule has 150 valence electrons. The molecule has 2 aromatic rings. The van der Waals surface area contributed by atoms with E-state index in [1.54, 1.807) is 29.7 Å². The first kappa shape index (κ1) is 19.9. The molecule has 1 saturated heterocycles. The summed E-state index contributed by atoms with van der Waals surface area (Å²) >= 11 is 0. The Hall–Kier alpha value is -2.83. The van der Waals surface area contributed by atoms with Crippen molar-refractivity contribution in [3.63, 3.8) is 0 Å². The second kappa shape index (κ2) is 8.46. The van der Waals surface area contributed by atoms with Gasteiger partial charge in [-0.05, 0) is 31.4 Å². The molecule has 0 bridgehead atoms. The van der Waals surface area contributed by atoms with Crippen LogP contribution in [0.15, 0.2) is 34.9 Å². The van der Waals surface area contributed by atoms with Crippen LogP contribution in [0.2, 0.25) is 0 Å². The molecule has 2 heterocycles. The normalized spacial score (nSPS) is 15.6. The van der Waals surface area contributed by atoms with Gasteiger partial charge >= 0.3 is 0 Å². The van der Waals surface area contributed by atoms with Crippen molar-refractivity contribution < 1.29 is 18.8 Å². The number of para-hydroxylation sites is 1. The minimum atomic E-state index is -0.583. The molecule has 3 rings (SSSR count). The van der Waals surface area contributed by atoms with E-state index in [2.05, 4.69) is 19.0 Å². The number of carbonyl (C=O) groups excluding carboxylic acids is 2. The molecule has 1 aliphatic heterocycles. The van der Waals surface area contributed by atoms with E-state index in [1.807, 2.05) is 24.3 Å². The first-order chi connectivity index (χ1) is 13.4. The van der Waals surface area contributed by atoms with Gasteiger partial charge in [0.05, 0.1) is 0 Å². The molecule has 2 amide bonds. The van der Waals surface area contributed by atoms with Crippen LogP contribution in [0.3, 0.4) is 0 Å². The second-order valence-electron chi connectivity index (χ2n) is 7.39. The maximum Gasteiger partial charge on any atom is 0.276 e. The van der Waals surface area contributed by atoms with Crippen LogP contribution in [0.25, 0.3) is 0 Å². The quantitative estimate of drug-likeness (QED) is 0.791. The molecule has 0 saturated carbocycles. The molecule has 1 aromatic carbocycles. The minimum absolute atomic E-state index is 0.0667. The van der Waals surface area contributed by atoms with Gasteiger partial charge in [-0.3, -0.25) is 9.59 Å². The van der Waals surface area contributed by atoms with Crippen LogP contribution >= 0.6 is 0 Å². The lowest BCUT2D eigenvalue weighted by Crippen LogP contribution is -2.53. The highest BCUT2D eigenvalue weighted by atomic mass is 16.5. The van der Waals surface area contributed by atoms with Gasteiger partial charge in [0.2, 0.25) is 0 Å². The number of ether oxygens (including phenoxy) is 1. The summed E-state index contributed by atoms with van der Waals surface area (Å²) in [7, 11) is 0. The van der Waals surface area contributed by atoms with Gasteiger partial charge in [-0.1, -0.05) is 37.2 Å². The first-order valence-electron chi connectivity index (χ1n) is 9.63. The summed E-state index contributed by atoms with van der Waals surface area (Å²) in [6.07, 6.45) is -0.583. The van der Waals surface area contributed by atoms with Gasteiger partial charge in [0, 0.05) is 32.2 Å². The van der Waals surface area contributed by atoms with E-state index in [1.165, 1.54) is 0 Å². The van der Waals surface area contributed by atoms with Gasteiger partial charge < -0.3 is 19.1 Å². The lowest BCUT2D eigenvalue weighted by molar-refractivity contribution is -0.139. The maximum atomic E-state index is 12.8. The largest absolute Gasteiger partial charge is 0.481 e. The van der Waals surface area contributed by atoms with Crippen molar-refractivity contribution in [2.45, 2.75) is 39.7 Å². The van der Waals surface area contributed by atoms with Gasteiger partial charge in [0.1, 0.15) is 11.5 Å². The molecule has 0 radical (unpaired) electrons. The number of piperazine rings is 1. The zero-order chi connectivity index (χ0) is 20.3. The minimum Gasteiger partial charge on any atom is -0.481 e. The summed E-state index contributed by atoms with van der Waals surface area (Å²) in [5, 5.41) is 3.78. The average molecular weight is 385 g/mol. The van der Waals surface area contributed by atoms with E-state index in [4.69, 9.17) is 9.26 Å². The molecule has 0 aliphatic carbocycles. The van der Waals surface area contributed by atoms with E-state index in [0.717, 1.165) is 11.3 Å². The Morgan fingerprint density at radius 2 is 1.71 bits per heavy atom. The lowest BCUT2D eigenvalue weighted by Gasteiger charge is -2.35. The Morgan fingerprint density at radius 1 is 1.07 bits per heavy atom. The molecule has 7 nitrogen and oxygen atoms in total. The van der Waals surface area contributed by atoms with Crippen molar-refractivity contribution in [2.75, 3.05) is 26.2 Å². The van der Waals surface area contributed by atoms with Gasteiger partial charge in [-0.25, -0.2) is 0 Å². The highest BCUT2D eigenvalue weighted by molar-refractivity contribution is 5.92. The highest BCUT2D eigenvalue weighted by Crippen LogP contribution is 2.27. The Morgan fingerprint density at radius 3 is 2.32 bits per heavy atom. The zero-order valence-corrected chi connectivity index (χ0v) is 16.8. The number of rotatable bonds is 5. The molecule has 1 atom stereocenters. The first-order valence-corrected chi connectivity index (χ1v) is 9.63. The predicted octanol–water partition coefficient (Wildman–Crippen LogP) is 2.86. The van der Waals surface area contributed by atoms with Crippen LogP contribution in [-0.4, -0.2) is 59.1 Å². The van der Waals surface area contributed by atoms with E-state index in [9.17, 15) is 9.59 Å². The molecular formula is C21H27N3O4. The number of hydrogen-bond donors (Lipinski definition) is 0. The summed E-state index contributed by atoms with van der Waals surface area (Å²) in [5.41, 5.74) is 1.39. The van der Waals surface area contributed by atoms with Crippen LogP contribution in [0, 0.1) is 6.92 Å². The summed E-state index contributed by atoms with van der Waals surface area (Å²) in [4.78, 5) is 28.7. The smallest absolute Gasteiger partial charge is 0.276 e. The van der Waals surface area contributed by atoms with Crippen molar-refractivity contribution in [3.05, 3.63) is 47.3 Å². The third-order valence-electron chi connectivity index (χ3n) is 4.92. The fourth-order valence-corrected chi connectivity index (χ4v) is 3.32. The summed E-state index contributed by atoms with van der Waals surface area (Å²) in [6.45, 7) is 9.59. The van der Waals surface area contributed by atoms with Crippen LogP contribution in [0.5, 0.6) is 5.75 Å². The SMILES string of the molecule is Cc1cc(C(=O)N2CCN(C(=O)C(C)Oc3ccccc3C(C)C)CC2)no1. The van der Waals surface area contributed by atoms with Crippen molar-refractivity contribution in [1.29, 1.82) is 0 Å². The number of nitrogens with zero attached hydrogens (tertiary/aromatic N) is 3. The Kier molecular flexibility index (Phi) is 6.02. The molecule has 1 aromatic heterocycles. The number of hydrogen-bond acceptors (Lipinski definition) is 5. The standard InChI is InChI=1S/C21H27N3O4/c1-14(2)17-7-5-6-8-19(17)27-16(4)20(25)23-9-11-24(12-10-23)21(26)18-13-15(3)28-22-18/h5-8,13-14,16H,9-12H2,1-4H3. The van der Waals surface area contributed by atoms with Crippen molar-refractivity contribution in [1.82, 2.24) is 15.0 Å². The molecule has 1 fully saturated rings. The molecule has 28 heavy (non-hydrogen) atoms. The third kappa shape index (κ3) is 4.35. The predicted molar refractivity (Wildman–Crippen MR) is 104 cm³/mol. The number of amides is 2. The lowest BCUT2D eigenvalue weighted by atomic mass is 10.0. The molecule has 0 spiro atoms. The summed E-state index contributed by atoms with van der Waals surface area (Å²) < 4.78 is 10.9. The second-order valence-corrected chi connectivity index (χ2v) is 7.39. The fourth-order valence-electron chi connectivity index (χ4n) is 3.32. The summed E-state index contributed by atoms with van der Waals surface area (Å²) in [5.74, 6) is 1.42. The molecule has 1 aliphatic rings. The molecule has 0 N–H and O–H groups in total. The van der Waals surface area contributed by atoms with Crippen molar-refractivity contribution in [2.24, 2.45) is 0 Å². The topological polar surface area (TPSA) is 75.9 Å². The van der Waals surface area contributed by atoms with E-state index in [0.29, 0.717) is 43.6 Å². The van der Waals surface area contributed by atoms with Crippen molar-refractivity contribution in [3.8, 4) is 5.75 Å². The van der Waals surface area contributed by atoms with Gasteiger partial charge in [-0.2, -0.15) is 0 Å². The van der Waals surface area contributed by atoms with Gasteiger partial charge in [0.15, 0.2) is 11.8 Å². The number of carbonyl (C=O) groups is 2. The summed E-state index contributed by atoms with van der Waals surface area (Å²) in [6, 6.07) is 9.43. The third-order valence-corrected chi connectivity index (χ3v) is 4.92. The molecule has 7 heteroatoms. The van der Waals surface area contributed by atoms with Crippen molar-refractivity contribution >= 4 is 11.8 Å². The van der Waals surface area contributed by atoms with E-state index in [-0.39, 0.29) is 11.8 Å². The van der Waals surface area contributed by atoms with Crippen LogP contribution < -0.4 is 4.74 Å².